The molecule has 144 valence electrons. The molecule has 6 heteroatoms. The zero-order chi connectivity index (χ0) is 19.3. The van der Waals surface area contributed by atoms with Crippen molar-refractivity contribution in [3.8, 4) is 5.75 Å². The van der Waals surface area contributed by atoms with Gasteiger partial charge in [-0.1, -0.05) is 6.92 Å². The number of carbonyl (C=O) groups excluding carboxylic acids is 2. The van der Waals surface area contributed by atoms with E-state index in [0.717, 1.165) is 19.3 Å². The second-order valence-electron chi connectivity index (χ2n) is 7.05. The molecule has 1 fully saturated rings. The van der Waals surface area contributed by atoms with Crippen LogP contribution in [0.2, 0.25) is 0 Å². The van der Waals surface area contributed by atoms with Crippen molar-refractivity contribution < 1.29 is 23.8 Å². The van der Waals surface area contributed by atoms with Crippen LogP contribution in [0.1, 0.15) is 57.3 Å². The van der Waals surface area contributed by atoms with E-state index in [-0.39, 0.29) is 23.5 Å². The number of methoxy groups -OCH3 is 1. The Hall–Kier alpha value is -2.08. The van der Waals surface area contributed by atoms with Gasteiger partial charge in [-0.05, 0) is 64.2 Å². The van der Waals surface area contributed by atoms with Crippen molar-refractivity contribution in [3.05, 3.63) is 23.8 Å². The predicted octanol–water partition coefficient (Wildman–Crippen LogP) is 3.79. The summed E-state index contributed by atoms with van der Waals surface area (Å²) in [5, 5.41) is 2.89. The molecule has 0 aliphatic heterocycles. The molecule has 1 saturated carbocycles. The number of carbonyl (C=O) groups is 2. The van der Waals surface area contributed by atoms with Crippen molar-refractivity contribution in [2.24, 2.45) is 5.92 Å². The van der Waals surface area contributed by atoms with Crippen LogP contribution in [0.25, 0.3) is 0 Å². The van der Waals surface area contributed by atoms with E-state index in [2.05, 4.69) is 5.32 Å². The van der Waals surface area contributed by atoms with E-state index < -0.39 is 11.6 Å². The molecule has 6 nitrogen and oxygen atoms in total. The van der Waals surface area contributed by atoms with Crippen molar-refractivity contribution in [2.45, 2.75) is 58.7 Å². The molecule has 0 spiro atoms. The lowest BCUT2D eigenvalue weighted by atomic mass is 9.98. The molecule has 0 bridgehead atoms. The van der Waals surface area contributed by atoms with Crippen LogP contribution >= 0.6 is 0 Å². The molecular formula is C20H29NO5. The van der Waals surface area contributed by atoms with E-state index in [0.29, 0.717) is 18.0 Å². The van der Waals surface area contributed by atoms with Crippen LogP contribution in [0.5, 0.6) is 5.75 Å². The third kappa shape index (κ3) is 4.75. The van der Waals surface area contributed by atoms with Crippen molar-refractivity contribution in [2.75, 3.05) is 19.0 Å². The van der Waals surface area contributed by atoms with Gasteiger partial charge in [0.1, 0.15) is 16.9 Å². The largest absolute Gasteiger partial charge is 0.490 e. The summed E-state index contributed by atoms with van der Waals surface area (Å²) in [6.45, 7) is 8.15. The van der Waals surface area contributed by atoms with Crippen LogP contribution in [-0.2, 0) is 14.3 Å². The maximum Gasteiger partial charge on any atom is 0.341 e. The minimum atomic E-state index is -0.853. The molecule has 0 saturated heterocycles. The van der Waals surface area contributed by atoms with Gasteiger partial charge in [-0.15, -0.1) is 0 Å². The Bertz CT molecular complexity index is 654. The highest BCUT2D eigenvalue weighted by Gasteiger charge is 2.48. The van der Waals surface area contributed by atoms with Crippen molar-refractivity contribution in [1.82, 2.24) is 0 Å². The summed E-state index contributed by atoms with van der Waals surface area (Å²) < 4.78 is 16.4. The number of nitrogens with one attached hydrogen (secondary N) is 1. The molecule has 1 N–H and O–H groups in total. The number of hydrogen-bond donors (Lipinski definition) is 1. The number of benzene rings is 1. The molecule has 26 heavy (non-hydrogen) atoms. The number of rotatable bonds is 9. The highest BCUT2D eigenvalue weighted by molar-refractivity contribution is 6.00. The van der Waals surface area contributed by atoms with E-state index in [1.807, 2.05) is 27.7 Å². The smallest absolute Gasteiger partial charge is 0.341 e. The average molecular weight is 363 g/mol. The predicted molar refractivity (Wildman–Crippen MR) is 99.5 cm³/mol. The molecule has 1 aliphatic carbocycles. The topological polar surface area (TPSA) is 73.9 Å². The van der Waals surface area contributed by atoms with E-state index in [1.165, 1.54) is 7.11 Å². The second-order valence-corrected chi connectivity index (χ2v) is 7.05. The van der Waals surface area contributed by atoms with Gasteiger partial charge in [0, 0.05) is 12.3 Å². The summed E-state index contributed by atoms with van der Waals surface area (Å²) in [6, 6.07) is 4.97. The summed E-state index contributed by atoms with van der Waals surface area (Å²) in [5.41, 5.74) is -0.0609. The highest BCUT2D eigenvalue weighted by atomic mass is 16.5. The molecule has 2 rings (SSSR count). The summed E-state index contributed by atoms with van der Waals surface area (Å²) in [7, 11) is 1.31. The first-order valence-corrected chi connectivity index (χ1v) is 9.16. The molecule has 1 amide bonds. The Morgan fingerprint density at radius 3 is 2.54 bits per heavy atom. The van der Waals surface area contributed by atoms with E-state index in [1.54, 1.807) is 18.2 Å². The van der Waals surface area contributed by atoms with E-state index >= 15 is 0 Å². The van der Waals surface area contributed by atoms with Gasteiger partial charge >= 0.3 is 5.97 Å². The standard InChI is InChI=1S/C20H29NO5/c1-6-11-25-20(4,14-7-8-14)19(23)21-15-9-10-17(26-13(2)3)16(12-15)18(22)24-5/h9-10,12-14H,6-8,11H2,1-5H3,(H,21,23)/t20-/m0/s1. The lowest BCUT2D eigenvalue weighted by Gasteiger charge is -2.28. The molecule has 0 heterocycles. The van der Waals surface area contributed by atoms with Gasteiger partial charge in [-0.25, -0.2) is 4.79 Å². The van der Waals surface area contributed by atoms with E-state index in [9.17, 15) is 9.59 Å². The second kappa shape index (κ2) is 8.54. The third-order valence-electron chi connectivity index (χ3n) is 4.42. The maximum absolute atomic E-state index is 12.9. The fourth-order valence-corrected chi connectivity index (χ4v) is 2.81. The Morgan fingerprint density at radius 1 is 1.31 bits per heavy atom. The number of ether oxygens (including phenoxy) is 3. The molecular weight excluding hydrogens is 334 g/mol. The number of amides is 1. The van der Waals surface area contributed by atoms with Crippen LogP contribution in [-0.4, -0.2) is 37.3 Å². The van der Waals surface area contributed by atoms with Crippen LogP contribution < -0.4 is 10.1 Å². The van der Waals surface area contributed by atoms with Gasteiger partial charge in [-0.2, -0.15) is 0 Å². The number of esters is 1. The van der Waals surface area contributed by atoms with Crippen molar-refractivity contribution in [3.63, 3.8) is 0 Å². The van der Waals surface area contributed by atoms with E-state index in [4.69, 9.17) is 14.2 Å². The molecule has 1 aromatic rings. The van der Waals surface area contributed by atoms with Gasteiger partial charge in [0.05, 0.1) is 13.2 Å². The quantitative estimate of drug-likeness (QED) is 0.676. The van der Waals surface area contributed by atoms with Crippen LogP contribution in [0.15, 0.2) is 18.2 Å². The zero-order valence-corrected chi connectivity index (χ0v) is 16.3. The van der Waals surface area contributed by atoms with Gasteiger partial charge in [0.15, 0.2) is 0 Å². The summed E-state index contributed by atoms with van der Waals surface area (Å²) in [6.07, 6.45) is 2.74. The van der Waals surface area contributed by atoms with Crippen LogP contribution in [0.3, 0.4) is 0 Å². The van der Waals surface area contributed by atoms with Crippen LogP contribution in [0, 0.1) is 5.92 Å². The minimum absolute atomic E-state index is 0.0838. The summed E-state index contributed by atoms with van der Waals surface area (Å²) in [5.74, 6) is -0.0413. The molecule has 1 atom stereocenters. The summed E-state index contributed by atoms with van der Waals surface area (Å²) in [4.78, 5) is 24.9. The van der Waals surface area contributed by atoms with Gasteiger partial charge < -0.3 is 19.5 Å². The van der Waals surface area contributed by atoms with Crippen molar-refractivity contribution in [1.29, 1.82) is 0 Å². The molecule has 1 aliphatic rings. The lowest BCUT2D eigenvalue weighted by molar-refractivity contribution is -0.142. The first kappa shape index (κ1) is 20.2. The van der Waals surface area contributed by atoms with Gasteiger partial charge in [0.25, 0.3) is 5.91 Å². The Labute approximate surface area is 155 Å². The molecule has 0 unspecified atom stereocenters. The first-order chi connectivity index (χ1) is 12.3. The molecule has 0 aromatic heterocycles. The lowest BCUT2D eigenvalue weighted by Crippen LogP contribution is -2.45. The molecule has 0 radical (unpaired) electrons. The SMILES string of the molecule is CCCO[C@](C)(C(=O)Nc1ccc(OC(C)C)c(C(=O)OC)c1)C1CC1. The normalized spacial score (nSPS) is 16.1. The average Bonchev–Trinajstić information content (AvgIpc) is 3.45. The van der Waals surface area contributed by atoms with Gasteiger partial charge in [-0.3, -0.25) is 4.79 Å². The fraction of sp³-hybridized carbons (Fsp3) is 0.600. The first-order valence-electron chi connectivity index (χ1n) is 9.16. The highest BCUT2D eigenvalue weighted by Crippen LogP contribution is 2.42. The summed E-state index contributed by atoms with van der Waals surface area (Å²) >= 11 is 0. The maximum atomic E-state index is 12.9. The Balaban J connectivity index is 2.22. The number of hydrogen-bond acceptors (Lipinski definition) is 5. The zero-order valence-electron chi connectivity index (χ0n) is 16.3. The Morgan fingerprint density at radius 2 is 2.00 bits per heavy atom. The number of anilines is 1. The fourth-order valence-electron chi connectivity index (χ4n) is 2.81. The molecule has 1 aromatic carbocycles. The third-order valence-corrected chi connectivity index (χ3v) is 4.42. The Kier molecular flexibility index (Phi) is 6.64. The van der Waals surface area contributed by atoms with Crippen molar-refractivity contribution >= 4 is 17.6 Å². The monoisotopic (exact) mass is 363 g/mol. The minimum Gasteiger partial charge on any atom is -0.490 e. The van der Waals surface area contributed by atoms with Crippen LogP contribution in [0.4, 0.5) is 5.69 Å². The van der Waals surface area contributed by atoms with Gasteiger partial charge in [0.2, 0.25) is 0 Å².